The molecule has 2 aromatic rings. The molecule has 3 heteroatoms. The zero-order valence-corrected chi connectivity index (χ0v) is 7.21. The Bertz CT molecular complexity index is 329. The first-order chi connectivity index (χ1) is 5.95. The second-order valence-corrected chi connectivity index (χ2v) is 3.26. The molecular weight excluding hydrogens is 168 g/mol. The van der Waals surface area contributed by atoms with E-state index in [1.807, 2.05) is 35.7 Å². The Kier molecular flexibility index (Phi) is 2.05. The zero-order chi connectivity index (χ0) is 8.23. The molecule has 0 aliphatic carbocycles. The molecule has 0 aliphatic heterocycles. The Hall–Kier alpha value is -1.35. The lowest BCUT2D eigenvalue weighted by Gasteiger charge is -1.99. The number of rotatable bonds is 2. The van der Waals surface area contributed by atoms with Crippen LogP contribution in [0, 0.1) is 0 Å². The summed E-state index contributed by atoms with van der Waals surface area (Å²) < 4.78 is 0. The molecule has 0 unspecified atom stereocenters. The topological polar surface area (TPSA) is 24.9 Å². The van der Waals surface area contributed by atoms with Crippen molar-refractivity contribution in [1.82, 2.24) is 4.98 Å². The molecule has 1 N–H and O–H groups in total. The summed E-state index contributed by atoms with van der Waals surface area (Å²) in [5.74, 6) is 0.889. The molecule has 0 fully saturated rings. The van der Waals surface area contributed by atoms with E-state index < -0.39 is 0 Å². The van der Waals surface area contributed by atoms with Crippen molar-refractivity contribution < 1.29 is 0 Å². The van der Waals surface area contributed by atoms with Crippen molar-refractivity contribution in [2.75, 3.05) is 5.32 Å². The highest BCUT2D eigenvalue weighted by Gasteiger charge is 1.93. The third-order valence-electron chi connectivity index (χ3n) is 1.44. The number of nitrogens with one attached hydrogen (secondary N) is 1. The van der Waals surface area contributed by atoms with Crippen LogP contribution in [0.4, 0.5) is 10.8 Å². The molecular formula is C9H8N2S. The first kappa shape index (κ1) is 7.31. The highest BCUT2D eigenvalue weighted by Crippen LogP contribution is 2.19. The number of nitrogens with zero attached hydrogens (tertiary/aromatic N) is 1. The Morgan fingerprint density at radius 1 is 1.17 bits per heavy atom. The van der Waals surface area contributed by atoms with E-state index in [4.69, 9.17) is 0 Å². The highest BCUT2D eigenvalue weighted by atomic mass is 32.1. The van der Waals surface area contributed by atoms with Gasteiger partial charge < -0.3 is 5.32 Å². The molecule has 2 aromatic heterocycles. The van der Waals surface area contributed by atoms with Crippen LogP contribution >= 0.6 is 11.3 Å². The molecule has 0 aromatic carbocycles. The van der Waals surface area contributed by atoms with Crippen LogP contribution in [-0.2, 0) is 0 Å². The lowest BCUT2D eigenvalue weighted by molar-refractivity contribution is 1.32. The summed E-state index contributed by atoms with van der Waals surface area (Å²) in [6.07, 6.45) is 1.77. The van der Waals surface area contributed by atoms with Crippen LogP contribution in [0.5, 0.6) is 0 Å². The molecule has 0 saturated heterocycles. The molecule has 2 heterocycles. The second-order valence-electron chi connectivity index (χ2n) is 2.32. The van der Waals surface area contributed by atoms with E-state index in [0.717, 1.165) is 10.8 Å². The van der Waals surface area contributed by atoms with Crippen molar-refractivity contribution >= 4 is 22.2 Å². The van der Waals surface area contributed by atoms with Gasteiger partial charge in [-0.05, 0) is 29.6 Å². The molecule has 0 saturated carbocycles. The van der Waals surface area contributed by atoms with Gasteiger partial charge in [0.25, 0.3) is 0 Å². The Labute approximate surface area is 74.9 Å². The van der Waals surface area contributed by atoms with Crippen molar-refractivity contribution in [1.29, 1.82) is 0 Å². The fraction of sp³-hybridized carbons (Fsp3) is 0. The van der Waals surface area contributed by atoms with Gasteiger partial charge in [0.15, 0.2) is 0 Å². The van der Waals surface area contributed by atoms with E-state index in [1.54, 1.807) is 17.5 Å². The summed E-state index contributed by atoms with van der Waals surface area (Å²) in [6.45, 7) is 0. The van der Waals surface area contributed by atoms with Crippen molar-refractivity contribution in [2.24, 2.45) is 0 Å². The predicted molar refractivity (Wildman–Crippen MR) is 51.8 cm³/mol. The third kappa shape index (κ3) is 1.62. The summed E-state index contributed by atoms with van der Waals surface area (Å²) in [5.41, 5.74) is 0. The lowest BCUT2D eigenvalue weighted by Crippen LogP contribution is -1.88. The summed E-state index contributed by atoms with van der Waals surface area (Å²) in [7, 11) is 0. The van der Waals surface area contributed by atoms with Crippen LogP contribution in [0.2, 0.25) is 0 Å². The average molecular weight is 176 g/mol. The zero-order valence-electron chi connectivity index (χ0n) is 6.40. The van der Waals surface area contributed by atoms with Crippen molar-refractivity contribution in [2.45, 2.75) is 0 Å². The first-order valence-corrected chi connectivity index (χ1v) is 4.55. The lowest BCUT2D eigenvalue weighted by atomic mass is 10.4. The third-order valence-corrected chi connectivity index (χ3v) is 2.22. The van der Waals surface area contributed by atoms with Gasteiger partial charge in [0.05, 0.1) is 5.00 Å². The van der Waals surface area contributed by atoms with Crippen molar-refractivity contribution in [3.05, 3.63) is 41.9 Å². The van der Waals surface area contributed by atoms with Gasteiger partial charge in [-0.2, -0.15) is 0 Å². The van der Waals surface area contributed by atoms with E-state index in [9.17, 15) is 0 Å². The maximum absolute atomic E-state index is 4.15. The van der Waals surface area contributed by atoms with Gasteiger partial charge in [-0.3, -0.25) is 0 Å². The summed E-state index contributed by atoms with van der Waals surface area (Å²) in [5, 5.41) is 6.34. The molecule has 2 nitrogen and oxygen atoms in total. The maximum Gasteiger partial charge on any atom is 0.130 e. The molecule has 0 radical (unpaired) electrons. The van der Waals surface area contributed by atoms with Crippen LogP contribution in [0.15, 0.2) is 41.9 Å². The van der Waals surface area contributed by atoms with Gasteiger partial charge in [0, 0.05) is 6.20 Å². The molecule has 0 aliphatic rings. The largest absolute Gasteiger partial charge is 0.332 e. The van der Waals surface area contributed by atoms with E-state index in [1.165, 1.54) is 0 Å². The molecule has 60 valence electrons. The van der Waals surface area contributed by atoms with Crippen molar-refractivity contribution in [3.63, 3.8) is 0 Å². The SMILES string of the molecule is c1ccc(Nc2cccs2)nc1. The van der Waals surface area contributed by atoms with E-state index in [0.29, 0.717) is 0 Å². The standard InChI is InChI=1S/C9H8N2S/c1-2-6-10-8(4-1)11-9-5-3-7-12-9/h1-7H,(H,10,11). The second kappa shape index (κ2) is 3.36. The Morgan fingerprint density at radius 2 is 2.17 bits per heavy atom. The van der Waals surface area contributed by atoms with Gasteiger partial charge in [-0.25, -0.2) is 4.98 Å². The smallest absolute Gasteiger partial charge is 0.130 e. The van der Waals surface area contributed by atoms with Crippen LogP contribution in [0.1, 0.15) is 0 Å². The normalized spacial score (nSPS) is 9.67. The monoisotopic (exact) mass is 176 g/mol. The van der Waals surface area contributed by atoms with Crippen molar-refractivity contribution in [3.8, 4) is 0 Å². The van der Waals surface area contributed by atoms with Crippen LogP contribution in [-0.4, -0.2) is 4.98 Å². The number of anilines is 2. The summed E-state index contributed by atoms with van der Waals surface area (Å²) in [4.78, 5) is 4.15. The quantitative estimate of drug-likeness (QED) is 0.761. The minimum Gasteiger partial charge on any atom is -0.332 e. The van der Waals surface area contributed by atoms with Gasteiger partial charge in [-0.15, -0.1) is 11.3 Å². The minimum atomic E-state index is 0.889. The van der Waals surface area contributed by atoms with E-state index >= 15 is 0 Å². The molecule has 0 atom stereocenters. The fourth-order valence-electron chi connectivity index (χ4n) is 0.913. The van der Waals surface area contributed by atoms with E-state index in [2.05, 4.69) is 10.3 Å². The van der Waals surface area contributed by atoms with Gasteiger partial charge in [-0.1, -0.05) is 6.07 Å². The van der Waals surface area contributed by atoms with Gasteiger partial charge in [0.2, 0.25) is 0 Å². The summed E-state index contributed by atoms with van der Waals surface area (Å²) in [6, 6.07) is 9.84. The molecule has 2 rings (SSSR count). The number of aromatic nitrogens is 1. The Morgan fingerprint density at radius 3 is 2.83 bits per heavy atom. The van der Waals surface area contributed by atoms with Crippen LogP contribution in [0.3, 0.4) is 0 Å². The molecule has 12 heavy (non-hydrogen) atoms. The summed E-state index contributed by atoms with van der Waals surface area (Å²) >= 11 is 1.67. The number of pyridine rings is 1. The number of hydrogen-bond donors (Lipinski definition) is 1. The van der Waals surface area contributed by atoms with Crippen LogP contribution in [0.25, 0.3) is 0 Å². The predicted octanol–water partition coefficient (Wildman–Crippen LogP) is 2.89. The first-order valence-electron chi connectivity index (χ1n) is 3.67. The number of thiophene rings is 1. The van der Waals surface area contributed by atoms with Gasteiger partial charge >= 0.3 is 0 Å². The Balaban J connectivity index is 2.15. The highest BCUT2D eigenvalue weighted by molar-refractivity contribution is 7.14. The molecule has 0 spiro atoms. The maximum atomic E-state index is 4.15. The van der Waals surface area contributed by atoms with Gasteiger partial charge in [0.1, 0.15) is 5.82 Å². The molecule has 0 amide bonds. The van der Waals surface area contributed by atoms with E-state index in [-0.39, 0.29) is 0 Å². The fourth-order valence-corrected chi connectivity index (χ4v) is 1.54. The minimum absolute atomic E-state index is 0.889. The molecule has 0 bridgehead atoms. The van der Waals surface area contributed by atoms with Crippen LogP contribution < -0.4 is 5.32 Å². The average Bonchev–Trinajstić information content (AvgIpc) is 2.59. The number of hydrogen-bond acceptors (Lipinski definition) is 3.